The Labute approximate surface area is 179 Å². The molecule has 1 atom stereocenters. The van der Waals surface area contributed by atoms with Gasteiger partial charge in [0, 0.05) is 51.7 Å². The minimum absolute atomic E-state index is 0.154. The fourth-order valence-corrected chi connectivity index (χ4v) is 3.82. The summed E-state index contributed by atoms with van der Waals surface area (Å²) in [5, 5.41) is 6.39. The number of benzene rings is 1. The molecule has 0 aliphatic rings. The first-order chi connectivity index (χ1) is 14.4. The number of pyridine rings is 1. The van der Waals surface area contributed by atoms with E-state index in [2.05, 4.69) is 68.5 Å². The molecule has 164 valence electrons. The lowest BCUT2D eigenvalue weighted by atomic mass is 10.1. The van der Waals surface area contributed by atoms with Crippen LogP contribution in [0.15, 0.2) is 64.7 Å². The molecule has 0 amide bonds. The van der Waals surface area contributed by atoms with Gasteiger partial charge in [0.25, 0.3) is 0 Å². The highest BCUT2D eigenvalue weighted by Gasteiger charge is 2.13. The van der Waals surface area contributed by atoms with Crippen molar-refractivity contribution in [3.8, 4) is 0 Å². The van der Waals surface area contributed by atoms with Crippen LogP contribution >= 0.6 is 0 Å². The van der Waals surface area contributed by atoms with Crippen LogP contribution < -0.4 is 15.4 Å². The Morgan fingerprint density at radius 3 is 2.50 bits per heavy atom. The highest BCUT2D eigenvalue weighted by Crippen LogP contribution is 2.08. The summed E-state index contributed by atoms with van der Waals surface area (Å²) in [6, 6.07) is 13.9. The molecule has 9 heteroatoms. The normalized spacial score (nSPS) is 13.3. The minimum Gasteiger partial charge on any atom is -0.356 e. The van der Waals surface area contributed by atoms with Crippen LogP contribution in [0, 0.1) is 0 Å². The average molecular weight is 433 g/mol. The number of rotatable bonds is 11. The molecule has 30 heavy (non-hydrogen) atoms. The number of nitrogens with one attached hydrogen (secondary N) is 3. The Balaban J connectivity index is 1.66. The van der Waals surface area contributed by atoms with Crippen molar-refractivity contribution < 1.29 is 8.42 Å². The van der Waals surface area contributed by atoms with E-state index in [0.717, 1.165) is 19.5 Å². The van der Waals surface area contributed by atoms with E-state index in [4.69, 9.17) is 0 Å². The molecule has 8 nitrogen and oxygen atoms in total. The molecule has 3 N–H and O–H groups in total. The Kier molecular flexibility index (Phi) is 9.72. The third-order valence-corrected chi connectivity index (χ3v) is 6.21. The number of nitrogens with zero attached hydrogens (tertiary/aromatic N) is 3. The van der Waals surface area contributed by atoms with E-state index >= 15 is 0 Å². The lowest BCUT2D eigenvalue weighted by molar-refractivity contribution is 0.238. The molecule has 1 unspecified atom stereocenters. The lowest BCUT2D eigenvalue weighted by Gasteiger charge is -2.25. The Morgan fingerprint density at radius 2 is 1.83 bits per heavy atom. The summed E-state index contributed by atoms with van der Waals surface area (Å²) in [6.45, 7) is 4.54. The first-order valence-electron chi connectivity index (χ1n) is 10.0. The molecule has 0 spiro atoms. The molecule has 0 radical (unpaired) electrons. The summed E-state index contributed by atoms with van der Waals surface area (Å²) in [5.41, 5.74) is 1.30. The van der Waals surface area contributed by atoms with Gasteiger partial charge in [-0.15, -0.1) is 0 Å². The predicted molar refractivity (Wildman–Crippen MR) is 121 cm³/mol. The van der Waals surface area contributed by atoms with Gasteiger partial charge in [-0.3, -0.25) is 14.9 Å². The Hall–Kier alpha value is -2.49. The van der Waals surface area contributed by atoms with Gasteiger partial charge >= 0.3 is 0 Å². The van der Waals surface area contributed by atoms with Gasteiger partial charge in [0.2, 0.25) is 10.0 Å². The van der Waals surface area contributed by atoms with Crippen molar-refractivity contribution in [1.29, 1.82) is 0 Å². The van der Waals surface area contributed by atoms with Gasteiger partial charge in [0.1, 0.15) is 4.90 Å². The SMILES string of the molecule is CN=C(NCCNS(=O)(=O)c1cccnc1)NCCC(C)N(C)Cc1ccccc1. The largest absolute Gasteiger partial charge is 0.356 e. The number of aromatic nitrogens is 1. The van der Waals surface area contributed by atoms with Crippen LogP contribution in [-0.4, -0.2) is 64.0 Å². The van der Waals surface area contributed by atoms with E-state index < -0.39 is 10.0 Å². The maximum atomic E-state index is 12.2. The molecule has 0 aliphatic heterocycles. The van der Waals surface area contributed by atoms with Crippen molar-refractivity contribution in [2.24, 2.45) is 4.99 Å². The molecule has 0 saturated heterocycles. The topological polar surface area (TPSA) is 98.7 Å². The first-order valence-corrected chi connectivity index (χ1v) is 11.5. The maximum absolute atomic E-state index is 12.2. The van der Waals surface area contributed by atoms with Crippen molar-refractivity contribution in [2.45, 2.75) is 30.8 Å². The second-order valence-electron chi connectivity index (χ2n) is 7.05. The van der Waals surface area contributed by atoms with E-state index in [1.807, 2.05) is 6.07 Å². The first kappa shape index (κ1) is 23.8. The summed E-state index contributed by atoms with van der Waals surface area (Å²) in [7, 11) is 0.272. The van der Waals surface area contributed by atoms with Gasteiger partial charge in [-0.2, -0.15) is 0 Å². The van der Waals surface area contributed by atoms with E-state index in [9.17, 15) is 8.42 Å². The molecule has 2 rings (SSSR count). The van der Waals surface area contributed by atoms with E-state index in [1.165, 1.54) is 24.0 Å². The van der Waals surface area contributed by atoms with Gasteiger partial charge in [0.15, 0.2) is 5.96 Å². The number of hydrogen-bond acceptors (Lipinski definition) is 5. The van der Waals surface area contributed by atoms with Crippen molar-refractivity contribution in [3.63, 3.8) is 0 Å². The van der Waals surface area contributed by atoms with Crippen molar-refractivity contribution in [2.75, 3.05) is 33.7 Å². The monoisotopic (exact) mass is 432 g/mol. The fraction of sp³-hybridized carbons (Fsp3) is 0.429. The Morgan fingerprint density at radius 1 is 1.10 bits per heavy atom. The molecular formula is C21H32N6O2S. The van der Waals surface area contributed by atoms with Crippen LogP contribution in [0.5, 0.6) is 0 Å². The molecule has 1 heterocycles. The van der Waals surface area contributed by atoms with Gasteiger partial charge in [-0.25, -0.2) is 13.1 Å². The van der Waals surface area contributed by atoms with E-state index in [0.29, 0.717) is 18.5 Å². The number of sulfonamides is 1. The summed E-state index contributed by atoms with van der Waals surface area (Å²) >= 11 is 0. The van der Waals surface area contributed by atoms with Crippen LogP contribution in [-0.2, 0) is 16.6 Å². The zero-order valence-electron chi connectivity index (χ0n) is 17.9. The lowest BCUT2D eigenvalue weighted by Crippen LogP contribution is -2.43. The minimum atomic E-state index is -3.55. The van der Waals surface area contributed by atoms with Gasteiger partial charge in [-0.05, 0) is 38.1 Å². The highest BCUT2D eigenvalue weighted by atomic mass is 32.2. The zero-order chi connectivity index (χ0) is 21.8. The van der Waals surface area contributed by atoms with Gasteiger partial charge in [0.05, 0.1) is 0 Å². The van der Waals surface area contributed by atoms with E-state index in [1.54, 1.807) is 13.1 Å². The Bertz CT molecular complexity index is 875. The standard InChI is InChI=1S/C21H32N6O2S/c1-18(27(3)17-19-8-5-4-6-9-19)11-13-24-21(22-2)25-14-15-26-30(28,29)20-10-7-12-23-16-20/h4-10,12,16,18,26H,11,13-15,17H2,1-3H3,(H2,22,24,25). The third kappa shape index (κ3) is 8.10. The highest BCUT2D eigenvalue weighted by molar-refractivity contribution is 7.89. The summed E-state index contributed by atoms with van der Waals surface area (Å²) in [6.07, 6.45) is 3.82. The molecular weight excluding hydrogens is 400 g/mol. The van der Waals surface area contributed by atoms with Crippen LogP contribution in [0.1, 0.15) is 18.9 Å². The number of guanidine groups is 1. The molecule has 1 aromatic carbocycles. The third-order valence-electron chi connectivity index (χ3n) is 4.76. The summed E-state index contributed by atoms with van der Waals surface area (Å²) in [4.78, 5) is 10.5. The van der Waals surface area contributed by atoms with E-state index in [-0.39, 0.29) is 11.4 Å². The second-order valence-corrected chi connectivity index (χ2v) is 8.82. The van der Waals surface area contributed by atoms with Crippen molar-refractivity contribution in [3.05, 3.63) is 60.4 Å². The average Bonchev–Trinajstić information content (AvgIpc) is 2.76. The summed E-state index contributed by atoms with van der Waals surface area (Å²) < 4.78 is 26.9. The molecule has 0 aliphatic carbocycles. The molecule has 0 saturated carbocycles. The smallest absolute Gasteiger partial charge is 0.242 e. The van der Waals surface area contributed by atoms with Crippen molar-refractivity contribution >= 4 is 16.0 Å². The molecule has 1 aromatic heterocycles. The summed E-state index contributed by atoms with van der Waals surface area (Å²) in [5.74, 6) is 0.647. The van der Waals surface area contributed by atoms with Crippen molar-refractivity contribution in [1.82, 2.24) is 25.2 Å². The zero-order valence-corrected chi connectivity index (χ0v) is 18.7. The van der Waals surface area contributed by atoms with Gasteiger partial charge < -0.3 is 10.6 Å². The number of aliphatic imine (C=N–C) groups is 1. The predicted octanol–water partition coefficient (Wildman–Crippen LogP) is 1.44. The van der Waals surface area contributed by atoms with Crippen LogP contribution in [0.2, 0.25) is 0 Å². The molecule has 2 aromatic rings. The molecule has 0 bridgehead atoms. The van der Waals surface area contributed by atoms with Crippen LogP contribution in [0.25, 0.3) is 0 Å². The maximum Gasteiger partial charge on any atom is 0.242 e. The second kappa shape index (κ2) is 12.3. The van der Waals surface area contributed by atoms with Crippen LogP contribution in [0.3, 0.4) is 0 Å². The fourth-order valence-electron chi connectivity index (χ4n) is 2.82. The number of hydrogen-bond donors (Lipinski definition) is 3. The van der Waals surface area contributed by atoms with Crippen LogP contribution in [0.4, 0.5) is 0 Å². The quantitative estimate of drug-likeness (QED) is 0.282. The van der Waals surface area contributed by atoms with Gasteiger partial charge in [-0.1, -0.05) is 30.3 Å². The molecule has 0 fully saturated rings.